The Hall–Kier alpha value is -1.84. The fourth-order valence-corrected chi connectivity index (χ4v) is 1.79. The second kappa shape index (κ2) is 6.19. The van der Waals surface area contributed by atoms with Crippen molar-refractivity contribution in [3.05, 3.63) is 23.3 Å². The van der Waals surface area contributed by atoms with Gasteiger partial charge in [0, 0.05) is 19.4 Å². The van der Waals surface area contributed by atoms with E-state index in [2.05, 4.69) is 0 Å². The highest BCUT2D eigenvalue weighted by molar-refractivity contribution is 5.73. The molecule has 0 saturated carbocycles. The average Bonchev–Trinajstić information content (AvgIpc) is 2.28. The minimum absolute atomic E-state index is 0.376. The lowest BCUT2D eigenvalue weighted by Crippen LogP contribution is -2.09. The van der Waals surface area contributed by atoms with Gasteiger partial charge in [-0.15, -0.1) is 0 Å². The zero-order chi connectivity index (χ0) is 13.7. The van der Waals surface area contributed by atoms with Crippen molar-refractivity contribution in [2.24, 2.45) is 0 Å². The standard InChI is InChI=1S/C14H18O4/c1-5-11-7-8-13(17-9(3)15)12(6-2)14(11)18-10(4)16/h7-8H,5-6H2,1-4H3. The zero-order valence-corrected chi connectivity index (χ0v) is 11.2. The van der Waals surface area contributed by atoms with Crippen molar-refractivity contribution in [1.82, 2.24) is 0 Å². The minimum Gasteiger partial charge on any atom is -0.426 e. The number of esters is 2. The van der Waals surface area contributed by atoms with Crippen molar-refractivity contribution in [1.29, 1.82) is 0 Å². The first-order valence-electron chi connectivity index (χ1n) is 6.01. The van der Waals surface area contributed by atoms with Crippen LogP contribution in [0.2, 0.25) is 0 Å². The molecule has 0 aliphatic rings. The Morgan fingerprint density at radius 3 is 2.06 bits per heavy atom. The Balaban J connectivity index is 3.31. The van der Waals surface area contributed by atoms with Gasteiger partial charge in [0.2, 0.25) is 0 Å². The Labute approximate surface area is 107 Å². The Bertz CT molecular complexity index is 463. The predicted octanol–water partition coefficient (Wildman–Crippen LogP) is 2.66. The molecule has 0 unspecified atom stereocenters. The molecule has 4 nitrogen and oxygen atoms in total. The third kappa shape index (κ3) is 3.32. The third-order valence-corrected chi connectivity index (χ3v) is 2.53. The molecule has 0 bridgehead atoms. The van der Waals surface area contributed by atoms with Crippen LogP contribution < -0.4 is 9.47 Å². The van der Waals surface area contributed by atoms with Crippen molar-refractivity contribution in [3.63, 3.8) is 0 Å². The Morgan fingerprint density at radius 2 is 1.61 bits per heavy atom. The van der Waals surface area contributed by atoms with E-state index < -0.39 is 0 Å². The molecule has 0 N–H and O–H groups in total. The van der Waals surface area contributed by atoms with Crippen LogP contribution in [0.15, 0.2) is 12.1 Å². The number of benzene rings is 1. The number of rotatable bonds is 4. The highest BCUT2D eigenvalue weighted by Crippen LogP contribution is 2.33. The SMILES string of the molecule is CCc1ccc(OC(C)=O)c(CC)c1OC(C)=O. The first kappa shape index (κ1) is 14.2. The summed E-state index contributed by atoms with van der Waals surface area (Å²) in [5, 5.41) is 0. The van der Waals surface area contributed by atoms with E-state index in [0.29, 0.717) is 17.9 Å². The Kier molecular flexibility index (Phi) is 4.89. The summed E-state index contributed by atoms with van der Waals surface area (Å²) >= 11 is 0. The highest BCUT2D eigenvalue weighted by atomic mass is 16.5. The number of ether oxygens (including phenoxy) is 2. The molecule has 0 saturated heterocycles. The van der Waals surface area contributed by atoms with Crippen LogP contribution in [0.4, 0.5) is 0 Å². The second-order valence-corrected chi connectivity index (χ2v) is 3.92. The van der Waals surface area contributed by atoms with E-state index in [4.69, 9.17) is 9.47 Å². The largest absolute Gasteiger partial charge is 0.426 e. The number of hydrogen-bond acceptors (Lipinski definition) is 4. The molecule has 0 atom stereocenters. The van der Waals surface area contributed by atoms with Gasteiger partial charge in [-0.2, -0.15) is 0 Å². The molecule has 0 aromatic heterocycles. The summed E-state index contributed by atoms with van der Waals surface area (Å²) in [6.45, 7) is 6.61. The monoisotopic (exact) mass is 250 g/mol. The molecule has 1 rings (SSSR count). The molecule has 0 spiro atoms. The maximum absolute atomic E-state index is 11.2. The summed E-state index contributed by atoms with van der Waals surface area (Å²) < 4.78 is 10.4. The van der Waals surface area contributed by atoms with Crippen molar-refractivity contribution < 1.29 is 19.1 Å². The van der Waals surface area contributed by atoms with Gasteiger partial charge in [-0.1, -0.05) is 19.9 Å². The lowest BCUT2D eigenvalue weighted by molar-refractivity contribution is -0.132. The summed E-state index contributed by atoms with van der Waals surface area (Å²) in [4.78, 5) is 22.2. The van der Waals surface area contributed by atoms with E-state index >= 15 is 0 Å². The molecule has 4 heteroatoms. The molecule has 0 heterocycles. The van der Waals surface area contributed by atoms with E-state index in [1.807, 2.05) is 19.9 Å². The van der Waals surface area contributed by atoms with Crippen molar-refractivity contribution in [3.8, 4) is 11.5 Å². The van der Waals surface area contributed by atoms with Crippen molar-refractivity contribution in [2.75, 3.05) is 0 Å². The van der Waals surface area contributed by atoms with Crippen molar-refractivity contribution >= 4 is 11.9 Å². The normalized spacial score (nSPS) is 10.0. The lowest BCUT2D eigenvalue weighted by Gasteiger charge is -2.15. The van der Waals surface area contributed by atoms with Crippen molar-refractivity contribution in [2.45, 2.75) is 40.5 Å². The summed E-state index contributed by atoms with van der Waals surface area (Å²) in [5.74, 6) is 0.215. The maximum Gasteiger partial charge on any atom is 0.308 e. The lowest BCUT2D eigenvalue weighted by atomic mass is 10.0. The molecule has 1 aromatic rings. The van der Waals surface area contributed by atoms with Crippen LogP contribution in [0.3, 0.4) is 0 Å². The third-order valence-electron chi connectivity index (χ3n) is 2.53. The molecule has 1 aromatic carbocycles. The molecule has 0 aliphatic heterocycles. The summed E-state index contributed by atoms with van der Waals surface area (Å²) in [6.07, 6.45) is 1.37. The molecule has 0 amide bonds. The summed E-state index contributed by atoms with van der Waals surface area (Å²) in [6, 6.07) is 3.56. The summed E-state index contributed by atoms with van der Waals surface area (Å²) in [7, 11) is 0. The summed E-state index contributed by atoms with van der Waals surface area (Å²) in [5.41, 5.74) is 1.68. The second-order valence-electron chi connectivity index (χ2n) is 3.92. The van der Waals surface area contributed by atoms with E-state index in [-0.39, 0.29) is 11.9 Å². The Morgan fingerprint density at radius 1 is 1.00 bits per heavy atom. The number of hydrogen-bond donors (Lipinski definition) is 0. The quantitative estimate of drug-likeness (QED) is 0.609. The first-order chi connectivity index (χ1) is 8.49. The fraction of sp³-hybridized carbons (Fsp3) is 0.429. The average molecular weight is 250 g/mol. The van der Waals surface area contributed by atoms with Gasteiger partial charge >= 0.3 is 11.9 Å². The van der Waals surface area contributed by atoms with Gasteiger partial charge in [-0.3, -0.25) is 9.59 Å². The smallest absolute Gasteiger partial charge is 0.308 e. The fourth-order valence-electron chi connectivity index (χ4n) is 1.79. The van der Waals surface area contributed by atoms with Gasteiger partial charge in [-0.05, 0) is 24.5 Å². The van der Waals surface area contributed by atoms with E-state index in [1.54, 1.807) is 6.07 Å². The predicted molar refractivity (Wildman–Crippen MR) is 67.8 cm³/mol. The van der Waals surface area contributed by atoms with Crippen LogP contribution in [0.25, 0.3) is 0 Å². The zero-order valence-electron chi connectivity index (χ0n) is 11.2. The van der Waals surface area contributed by atoms with Crippen LogP contribution in [0, 0.1) is 0 Å². The van der Waals surface area contributed by atoms with Crippen LogP contribution in [0.1, 0.15) is 38.8 Å². The number of carbonyl (C=O) groups is 2. The van der Waals surface area contributed by atoms with Gasteiger partial charge in [-0.25, -0.2) is 0 Å². The van der Waals surface area contributed by atoms with Crippen LogP contribution in [-0.2, 0) is 22.4 Å². The number of aryl methyl sites for hydroxylation is 1. The molecular formula is C14H18O4. The van der Waals surface area contributed by atoms with Gasteiger partial charge in [0.15, 0.2) is 0 Å². The van der Waals surface area contributed by atoms with E-state index in [9.17, 15) is 9.59 Å². The van der Waals surface area contributed by atoms with E-state index in [1.165, 1.54) is 13.8 Å². The van der Waals surface area contributed by atoms with Gasteiger partial charge in [0.05, 0.1) is 0 Å². The van der Waals surface area contributed by atoms with E-state index in [0.717, 1.165) is 17.5 Å². The van der Waals surface area contributed by atoms with Gasteiger partial charge in [0.25, 0.3) is 0 Å². The van der Waals surface area contributed by atoms with Crippen LogP contribution >= 0.6 is 0 Å². The van der Waals surface area contributed by atoms with Gasteiger partial charge in [0.1, 0.15) is 11.5 Å². The molecule has 0 aliphatic carbocycles. The number of carbonyl (C=O) groups excluding carboxylic acids is 2. The topological polar surface area (TPSA) is 52.6 Å². The molecular weight excluding hydrogens is 232 g/mol. The first-order valence-corrected chi connectivity index (χ1v) is 6.01. The van der Waals surface area contributed by atoms with Crippen LogP contribution in [-0.4, -0.2) is 11.9 Å². The van der Waals surface area contributed by atoms with Gasteiger partial charge < -0.3 is 9.47 Å². The van der Waals surface area contributed by atoms with Crippen LogP contribution in [0.5, 0.6) is 11.5 Å². The minimum atomic E-state index is -0.386. The molecule has 0 fully saturated rings. The molecule has 98 valence electrons. The maximum atomic E-state index is 11.2. The molecule has 0 radical (unpaired) electrons. The molecule has 18 heavy (non-hydrogen) atoms. The highest BCUT2D eigenvalue weighted by Gasteiger charge is 2.16.